The average Bonchev–Trinajstić information content (AvgIpc) is 0.918. The van der Waals surface area contributed by atoms with Crippen molar-refractivity contribution in [3.05, 3.63) is 0 Å². The van der Waals surface area contributed by atoms with Gasteiger partial charge in [0, 0.05) is 31.3 Å². The van der Waals surface area contributed by atoms with Crippen molar-refractivity contribution in [1.29, 1.82) is 0 Å². The van der Waals surface area contributed by atoms with Crippen LogP contribution < -0.4 is 0 Å². The molecule has 0 aliphatic rings. The van der Waals surface area contributed by atoms with Crippen LogP contribution in [-0.2, 0) is 21.8 Å². The Hall–Kier alpha value is 0.479. The second-order valence-corrected chi connectivity index (χ2v) is 0.408. The summed E-state index contributed by atoms with van der Waals surface area (Å²) in [7, 11) is 3.25. The van der Waals surface area contributed by atoms with Crippen molar-refractivity contribution in [3.63, 3.8) is 0 Å². The van der Waals surface area contributed by atoms with Gasteiger partial charge in [0.25, 0.3) is 0 Å². The second-order valence-electron chi connectivity index (χ2n) is 0.408. The molecule has 0 aromatic carbocycles. The number of hydrogen-bond acceptors (Lipinski definition) is 1. The van der Waals surface area contributed by atoms with Gasteiger partial charge in [-0.1, -0.05) is 0 Å². The van der Waals surface area contributed by atoms with Crippen LogP contribution in [0.15, 0.2) is 0 Å². The van der Waals surface area contributed by atoms with Crippen LogP contribution in [0.1, 0.15) is 0 Å². The molecule has 0 unspecified atom stereocenters. The Morgan fingerprint density at radius 3 is 1.25 bits per heavy atom. The van der Waals surface area contributed by atoms with Gasteiger partial charge in [-0.2, -0.15) is 0 Å². The van der Waals surface area contributed by atoms with Crippen molar-refractivity contribution in [2.45, 2.75) is 0 Å². The van der Waals surface area contributed by atoms with Crippen molar-refractivity contribution in [1.82, 2.24) is 0 Å². The molecule has 0 atom stereocenters. The first-order valence-corrected chi connectivity index (χ1v) is 0.816. The molecule has 4 heavy (non-hydrogen) atoms. The summed E-state index contributed by atoms with van der Waals surface area (Å²) >= 11 is 0. The molecule has 28 valence electrons. The van der Waals surface area contributed by atoms with Gasteiger partial charge in [-0.25, -0.2) is 0 Å². The van der Waals surface area contributed by atoms with E-state index in [2.05, 4.69) is 4.74 Å². The van der Waals surface area contributed by atoms with Gasteiger partial charge in [0.1, 0.15) is 0 Å². The van der Waals surface area contributed by atoms with E-state index in [0.29, 0.717) is 0 Å². The zero-order chi connectivity index (χ0) is 2.71. The van der Waals surface area contributed by atoms with E-state index in [1.165, 1.54) is 0 Å². The zero-order valence-corrected chi connectivity index (χ0v) is 3.87. The Morgan fingerprint density at radius 2 is 1.25 bits per heavy atom. The molecule has 0 amide bonds. The predicted octanol–water partition coefficient (Wildman–Crippen LogP) is 0.260. The molecule has 0 bridgehead atoms. The molecule has 1 nitrogen and oxygen atoms in total. The quantitative estimate of drug-likeness (QED) is 0.398. The fraction of sp³-hybridized carbons (Fsp3) is 1.00. The molecule has 0 aromatic rings. The molecule has 0 N–H and O–H groups in total. The smallest absolute Gasteiger partial charge is 0.0351 e. The Balaban J connectivity index is 0. The first-order valence-electron chi connectivity index (χ1n) is 0.816. The van der Waals surface area contributed by atoms with Crippen LogP contribution in [-0.4, -0.2) is 14.2 Å². The number of hydrogen-bond donors (Lipinski definition) is 0. The van der Waals surface area contributed by atoms with Crippen LogP contribution in [0.4, 0.5) is 0 Å². The van der Waals surface area contributed by atoms with E-state index < -0.39 is 0 Å². The predicted molar refractivity (Wildman–Crippen MR) is 12.9 cm³/mol. The van der Waals surface area contributed by atoms with E-state index in [-0.39, 0.29) is 17.1 Å². The van der Waals surface area contributed by atoms with Gasteiger partial charge in [0.2, 0.25) is 0 Å². The monoisotopic (exact) mass is 102 g/mol. The van der Waals surface area contributed by atoms with Gasteiger partial charge in [0.15, 0.2) is 0 Å². The Morgan fingerprint density at radius 1 is 1.25 bits per heavy atom. The van der Waals surface area contributed by atoms with E-state index in [9.17, 15) is 0 Å². The van der Waals surface area contributed by atoms with E-state index in [4.69, 9.17) is 0 Å². The summed E-state index contributed by atoms with van der Waals surface area (Å²) in [6.45, 7) is 0. The molecule has 0 spiro atoms. The summed E-state index contributed by atoms with van der Waals surface area (Å²) in [5.41, 5.74) is 0. The fourth-order valence-electron chi connectivity index (χ4n) is 0. The second kappa shape index (κ2) is 9.77. The molecule has 0 aliphatic carbocycles. The number of rotatable bonds is 0. The maximum absolute atomic E-state index is 4.25. The van der Waals surface area contributed by atoms with Gasteiger partial charge in [-0.3, -0.25) is 0 Å². The molecule has 0 saturated carbocycles. The summed E-state index contributed by atoms with van der Waals surface area (Å²) in [4.78, 5) is 0. The third-order valence-electron chi connectivity index (χ3n) is 0. The molecule has 0 saturated heterocycles. The SMILES string of the molecule is COC.[Fe]. The van der Waals surface area contributed by atoms with Crippen LogP contribution in [0.3, 0.4) is 0 Å². The Kier molecular flexibility index (Phi) is 21.6. The van der Waals surface area contributed by atoms with Crippen molar-refractivity contribution < 1.29 is 21.8 Å². The van der Waals surface area contributed by atoms with Crippen LogP contribution >= 0.6 is 0 Å². The first-order chi connectivity index (χ1) is 1.41. The van der Waals surface area contributed by atoms with Crippen molar-refractivity contribution in [2.24, 2.45) is 0 Å². The van der Waals surface area contributed by atoms with Crippen molar-refractivity contribution in [3.8, 4) is 0 Å². The van der Waals surface area contributed by atoms with Gasteiger partial charge in [-0.15, -0.1) is 0 Å². The number of ether oxygens (including phenoxy) is 1. The molecule has 2 heteroatoms. The Bertz CT molecular complexity index is 6.00. The zero-order valence-electron chi connectivity index (χ0n) is 2.76. The summed E-state index contributed by atoms with van der Waals surface area (Å²) in [6, 6.07) is 0. The molecule has 0 aromatic heterocycles. The van der Waals surface area contributed by atoms with Gasteiger partial charge >= 0.3 is 0 Å². The molecule has 0 fully saturated rings. The topological polar surface area (TPSA) is 9.23 Å². The molecule has 0 radical (unpaired) electrons. The molecular weight excluding hydrogens is 95.9 g/mol. The van der Waals surface area contributed by atoms with Gasteiger partial charge < -0.3 is 4.74 Å². The normalized spacial score (nSPS) is 4.50. The van der Waals surface area contributed by atoms with Crippen LogP contribution in [0.25, 0.3) is 0 Å². The number of methoxy groups -OCH3 is 1. The third-order valence-corrected chi connectivity index (χ3v) is 0. The molecule has 0 rings (SSSR count). The molecule has 0 aliphatic heterocycles. The fourth-order valence-corrected chi connectivity index (χ4v) is 0. The standard InChI is InChI=1S/C2H6O.Fe/c1-3-2;/h1-2H3;. The first kappa shape index (κ1) is 8.82. The summed E-state index contributed by atoms with van der Waals surface area (Å²) < 4.78 is 4.25. The van der Waals surface area contributed by atoms with E-state index in [1.807, 2.05) is 0 Å². The van der Waals surface area contributed by atoms with Gasteiger partial charge in [-0.05, 0) is 0 Å². The van der Waals surface area contributed by atoms with Gasteiger partial charge in [0.05, 0.1) is 0 Å². The molecular formula is C2H6FeO. The largest absolute Gasteiger partial charge is 0.388 e. The minimum atomic E-state index is 0. The minimum Gasteiger partial charge on any atom is -0.388 e. The minimum absolute atomic E-state index is 0. The maximum atomic E-state index is 4.25. The third kappa shape index (κ3) is 23.6. The van der Waals surface area contributed by atoms with Crippen LogP contribution in [0.5, 0.6) is 0 Å². The summed E-state index contributed by atoms with van der Waals surface area (Å²) in [5, 5.41) is 0. The van der Waals surface area contributed by atoms with Crippen LogP contribution in [0, 0.1) is 0 Å². The summed E-state index contributed by atoms with van der Waals surface area (Å²) in [5.74, 6) is 0. The van der Waals surface area contributed by atoms with E-state index in [1.54, 1.807) is 14.2 Å². The van der Waals surface area contributed by atoms with E-state index in [0.717, 1.165) is 0 Å². The maximum Gasteiger partial charge on any atom is 0.0351 e. The van der Waals surface area contributed by atoms with E-state index >= 15 is 0 Å². The van der Waals surface area contributed by atoms with Crippen LogP contribution in [0.2, 0.25) is 0 Å². The summed E-state index contributed by atoms with van der Waals surface area (Å²) in [6.07, 6.45) is 0. The van der Waals surface area contributed by atoms with Crippen molar-refractivity contribution >= 4 is 0 Å². The molecule has 0 heterocycles. The average molecular weight is 102 g/mol. The Labute approximate surface area is 36.8 Å². The van der Waals surface area contributed by atoms with Crippen molar-refractivity contribution in [2.75, 3.05) is 14.2 Å².